The SMILES string of the molecule is O=c1cc(C(F)(F)F)c2ccc(CCc3ccc4cc(-c5nn[nH]n5)oc4c3)cc2o1. The molecule has 5 rings (SSSR count). The van der Waals surface area contributed by atoms with Crippen LogP contribution in [0.1, 0.15) is 16.7 Å². The Morgan fingerprint density at radius 3 is 2.35 bits per heavy atom. The van der Waals surface area contributed by atoms with Crippen molar-refractivity contribution >= 4 is 21.9 Å². The second-order valence-electron chi connectivity index (χ2n) is 7.03. The first-order valence-corrected chi connectivity index (χ1v) is 9.27. The molecule has 0 amide bonds. The molecular weight excluding hydrogens is 413 g/mol. The summed E-state index contributed by atoms with van der Waals surface area (Å²) in [5, 5.41) is 14.4. The molecule has 0 radical (unpaired) electrons. The summed E-state index contributed by atoms with van der Waals surface area (Å²) in [7, 11) is 0. The van der Waals surface area contributed by atoms with Crippen LogP contribution in [0.5, 0.6) is 0 Å². The van der Waals surface area contributed by atoms with Crippen LogP contribution in [0.15, 0.2) is 62.2 Å². The van der Waals surface area contributed by atoms with Gasteiger partial charge in [0.15, 0.2) is 5.76 Å². The van der Waals surface area contributed by atoms with E-state index in [1.807, 2.05) is 24.3 Å². The number of H-pyrrole nitrogens is 1. The Balaban J connectivity index is 1.40. The maximum atomic E-state index is 13.2. The summed E-state index contributed by atoms with van der Waals surface area (Å²) in [4.78, 5) is 11.6. The minimum Gasteiger partial charge on any atom is -0.453 e. The van der Waals surface area contributed by atoms with Crippen molar-refractivity contribution in [2.75, 3.05) is 0 Å². The third-order valence-electron chi connectivity index (χ3n) is 4.97. The van der Waals surface area contributed by atoms with E-state index in [0.29, 0.717) is 36.1 Å². The molecule has 3 heterocycles. The molecule has 0 aliphatic heterocycles. The van der Waals surface area contributed by atoms with Crippen molar-refractivity contribution in [2.24, 2.45) is 0 Å². The number of fused-ring (bicyclic) bond motifs is 2. The van der Waals surface area contributed by atoms with E-state index in [4.69, 9.17) is 8.83 Å². The minimum atomic E-state index is -4.63. The van der Waals surface area contributed by atoms with E-state index >= 15 is 0 Å². The van der Waals surface area contributed by atoms with Gasteiger partial charge in [-0.1, -0.05) is 24.3 Å². The number of aryl methyl sites for hydroxylation is 2. The van der Waals surface area contributed by atoms with Gasteiger partial charge in [-0.2, -0.15) is 18.4 Å². The first-order chi connectivity index (χ1) is 14.9. The molecule has 0 unspecified atom stereocenters. The average Bonchev–Trinajstić information content (AvgIpc) is 3.39. The van der Waals surface area contributed by atoms with Gasteiger partial charge in [-0.15, -0.1) is 10.2 Å². The minimum absolute atomic E-state index is 0.0800. The Morgan fingerprint density at radius 2 is 1.65 bits per heavy atom. The first kappa shape index (κ1) is 19.0. The number of aromatic nitrogens is 4. The molecule has 3 aromatic heterocycles. The highest BCUT2D eigenvalue weighted by Gasteiger charge is 2.33. The Kier molecular flexibility index (Phi) is 4.35. The second kappa shape index (κ2) is 7.08. The summed E-state index contributed by atoms with van der Waals surface area (Å²) in [6.07, 6.45) is -3.47. The molecule has 5 aromatic rings. The summed E-state index contributed by atoms with van der Waals surface area (Å²) in [5.74, 6) is 0.847. The molecule has 2 aromatic carbocycles. The standard InChI is InChI=1S/C21H13F3N4O3/c22-21(23,24)15-10-19(29)31-17-8-12(4-6-14(15)17)2-1-11-3-5-13-9-18(30-16(13)7-11)20-25-27-28-26-20/h3-10H,1-2H2,(H,25,26,27,28). The molecule has 0 saturated heterocycles. The molecule has 0 aliphatic carbocycles. The lowest BCUT2D eigenvalue weighted by Gasteiger charge is -2.10. The number of halogens is 3. The van der Waals surface area contributed by atoms with Crippen LogP contribution in [0, 0.1) is 0 Å². The van der Waals surface area contributed by atoms with Crippen molar-refractivity contribution in [3.63, 3.8) is 0 Å². The fourth-order valence-electron chi connectivity index (χ4n) is 3.49. The van der Waals surface area contributed by atoms with E-state index in [-0.39, 0.29) is 11.0 Å². The molecular formula is C21H13F3N4O3. The predicted molar refractivity (Wildman–Crippen MR) is 104 cm³/mol. The highest BCUT2D eigenvalue weighted by Crippen LogP contribution is 2.34. The zero-order valence-corrected chi connectivity index (χ0v) is 15.7. The summed E-state index contributed by atoms with van der Waals surface area (Å²) in [6.45, 7) is 0. The highest BCUT2D eigenvalue weighted by molar-refractivity contribution is 5.82. The summed E-state index contributed by atoms with van der Waals surface area (Å²) in [6, 6.07) is 12.5. The van der Waals surface area contributed by atoms with Gasteiger partial charge in [-0.3, -0.25) is 0 Å². The maximum Gasteiger partial charge on any atom is 0.417 e. The first-order valence-electron chi connectivity index (χ1n) is 9.27. The average molecular weight is 426 g/mol. The lowest BCUT2D eigenvalue weighted by Crippen LogP contribution is -2.11. The third kappa shape index (κ3) is 3.67. The van der Waals surface area contributed by atoms with Gasteiger partial charge in [0.1, 0.15) is 11.2 Å². The molecule has 10 heteroatoms. The van der Waals surface area contributed by atoms with E-state index in [9.17, 15) is 18.0 Å². The van der Waals surface area contributed by atoms with Gasteiger partial charge < -0.3 is 8.83 Å². The zero-order chi connectivity index (χ0) is 21.6. The van der Waals surface area contributed by atoms with E-state index in [1.165, 1.54) is 12.1 Å². The lowest BCUT2D eigenvalue weighted by atomic mass is 10.0. The van der Waals surface area contributed by atoms with Crippen LogP contribution >= 0.6 is 0 Å². The third-order valence-corrected chi connectivity index (χ3v) is 4.97. The van der Waals surface area contributed by atoms with Crippen LogP contribution in [0.3, 0.4) is 0 Å². The molecule has 0 atom stereocenters. The summed E-state index contributed by atoms with van der Waals surface area (Å²) >= 11 is 0. The second-order valence-corrected chi connectivity index (χ2v) is 7.03. The number of benzene rings is 2. The number of tetrazole rings is 1. The van der Waals surface area contributed by atoms with Gasteiger partial charge in [-0.25, -0.2) is 4.79 Å². The summed E-state index contributed by atoms with van der Waals surface area (Å²) in [5.41, 5.74) is 0.290. The van der Waals surface area contributed by atoms with E-state index in [2.05, 4.69) is 20.6 Å². The van der Waals surface area contributed by atoms with E-state index < -0.39 is 17.4 Å². The number of furan rings is 1. The van der Waals surface area contributed by atoms with Gasteiger partial charge in [0.2, 0.25) is 5.82 Å². The molecule has 156 valence electrons. The van der Waals surface area contributed by atoms with Crippen LogP contribution in [0.25, 0.3) is 33.5 Å². The largest absolute Gasteiger partial charge is 0.453 e. The fraction of sp³-hybridized carbons (Fsp3) is 0.143. The normalized spacial score (nSPS) is 12.1. The van der Waals surface area contributed by atoms with Crippen molar-refractivity contribution in [1.29, 1.82) is 0 Å². The summed E-state index contributed by atoms with van der Waals surface area (Å²) < 4.78 is 50.3. The number of aromatic amines is 1. The zero-order valence-electron chi connectivity index (χ0n) is 15.7. The number of nitrogens with zero attached hydrogens (tertiary/aromatic N) is 3. The van der Waals surface area contributed by atoms with Crippen LogP contribution in [0.2, 0.25) is 0 Å². The lowest BCUT2D eigenvalue weighted by molar-refractivity contribution is -0.136. The van der Waals surface area contributed by atoms with Gasteiger partial charge in [0.05, 0.1) is 5.56 Å². The van der Waals surface area contributed by atoms with Crippen LogP contribution in [0.4, 0.5) is 13.2 Å². The van der Waals surface area contributed by atoms with Crippen LogP contribution in [-0.4, -0.2) is 20.6 Å². The number of alkyl halides is 3. The number of nitrogens with one attached hydrogen (secondary N) is 1. The number of hydrogen-bond donors (Lipinski definition) is 1. The molecule has 0 saturated carbocycles. The molecule has 0 bridgehead atoms. The van der Waals surface area contributed by atoms with Crippen molar-refractivity contribution in [1.82, 2.24) is 20.6 Å². The maximum absolute atomic E-state index is 13.2. The Labute approximate surface area is 171 Å². The van der Waals surface area contributed by atoms with Crippen molar-refractivity contribution in [2.45, 2.75) is 19.0 Å². The Morgan fingerprint density at radius 1 is 0.903 bits per heavy atom. The topological polar surface area (TPSA) is 97.8 Å². The number of hydrogen-bond acceptors (Lipinski definition) is 6. The molecule has 31 heavy (non-hydrogen) atoms. The molecule has 7 nitrogen and oxygen atoms in total. The van der Waals surface area contributed by atoms with Gasteiger partial charge in [0, 0.05) is 16.8 Å². The van der Waals surface area contributed by atoms with Crippen molar-refractivity contribution in [3.8, 4) is 11.6 Å². The van der Waals surface area contributed by atoms with Crippen molar-refractivity contribution < 1.29 is 22.0 Å². The fourth-order valence-corrected chi connectivity index (χ4v) is 3.49. The smallest absolute Gasteiger partial charge is 0.417 e. The molecule has 1 N–H and O–H groups in total. The molecule has 0 aliphatic rings. The quantitative estimate of drug-likeness (QED) is 0.424. The van der Waals surface area contributed by atoms with Gasteiger partial charge >= 0.3 is 11.8 Å². The van der Waals surface area contributed by atoms with Crippen molar-refractivity contribution in [3.05, 3.63) is 75.6 Å². The van der Waals surface area contributed by atoms with Gasteiger partial charge in [-0.05, 0) is 47.4 Å². The number of rotatable bonds is 4. The molecule has 0 fully saturated rings. The van der Waals surface area contributed by atoms with E-state index in [0.717, 1.165) is 16.5 Å². The van der Waals surface area contributed by atoms with Gasteiger partial charge in [0.25, 0.3) is 0 Å². The molecule has 0 spiro atoms. The predicted octanol–water partition coefficient (Wildman–Crippen LogP) is 4.52. The highest BCUT2D eigenvalue weighted by atomic mass is 19.4. The Hall–Kier alpha value is -3.95. The van der Waals surface area contributed by atoms with Crippen LogP contribution < -0.4 is 5.63 Å². The Bertz CT molecular complexity index is 1450. The van der Waals surface area contributed by atoms with E-state index in [1.54, 1.807) is 6.07 Å². The monoisotopic (exact) mass is 426 g/mol. The van der Waals surface area contributed by atoms with Crippen LogP contribution in [-0.2, 0) is 19.0 Å².